The van der Waals surface area contributed by atoms with Gasteiger partial charge in [-0.2, -0.15) is 5.26 Å². The number of nitriles is 1. The van der Waals surface area contributed by atoms with Gasteiger partial charge < -0.3 is 0 Å². The second-order valence-electron chi connectivity index (χ2n) is 4.65. The molecule has 0 N–H and O–H groups in total. The Bertz CT molecular complexity index is 433. The van der Waals surface area contributed by atoms with Crippen LogP contribution in [-0.4, -0.2) is 5.78 Å². The smallest absolute Gasteiger partial charge is 0.160 e. The average molecular weight is 201 g/mol. The fourth-order valence-electron chi connectivity index (χ4n) is 1.75. The Hall–Kier alpha value is -1.62. The van der Waals surface area contributed by atoms with Crippen LogP contribution >= 0.6 is 0 Å². The zero-order valence-corrected chi connectivity index (χ0v) is 9.59. The molecule has 0 aromatic heterocycles. The highest BCUT2D eigenvalue weighted by Gasteiger charge is 2.23. The Morgan fingerprint density at radius 1 is 1.33 bits per heavy atom. The first-order valence-electron chi connectivity index (χ1n) is 4.92. The Morgan fingerprint density at radius 2 is 1.93 bits per heavy atom. The lowest BCUT2D eigenvalue weighted by Crippen LogP contribution is -2.18. The van der Waals surface area contributed by atoms with Gasteiger partial charge in [0, 0.05) is 5.56 Å². The van der Waals surface area contributed by atoms with Crippen LogP contribution in [0.15, 0.2) is 18.2 Å². The van der Waals surface area contributed by atoms with E-state index >= 15 is 0 Å². The molecule has 0 saturated heterocycles. The largest absolute Gasteiger partial charge is 0.294 e. The number of carbonyl (C=O) groups is 1. The third kappa shape index (κ3) is 2.24. The van der Waals surface area contributed by atoms with Gasteiger partial charge in [-0.1, -0.05) is 32.9 Å². The standard InChI is InChI=1S/C13H15NO/c1-9(15)11-7-5-6-10(8-14)12(11)13(2,3)4/h5-7H,1-4H3. The maximum absolute atomic E-state index is 11.5. The van der Waals surface area contributed by atoms with Gasteiger partial charge in [-0.3, -0.25) is 4.79 Å². The average Bonchev–Trinajstić information content (AvgIpc) is 2.15. The number of benzene rings is 1. The summed E-state index contributed by atoms with van der Waals surface area (Å²) in [5.74, 6) is 0.0111. The first-order valence-corrected chi connectivity index (χ1v) is 4.92. The van der Waals surface area contributed by atoms with Gasteiger partial charge in [0.1, 0.15) is 0 Å². The van der Waals surface area contributed by atoms with Gasteiger partial charge in [0.15, 0.2) is 5.78 Å². The summed E-state index contributed by atoms with van der Waals surface area (Å²) in [6.45, 7) is 7.56. The molecule has 0 saturated carbocycles. The van der Waals surface area contributed by atoms with Crippen molar-refractivity contribution in [1.29, 1.82) is 5.26 Å². The number of rotatable bonds is 1. The zero-order valence-electron chi connectivity index (χ0n) is 9.59. The summed E-state index contributed by atoms with van der Waals surface area (Å²) in [7, 11) is 0. The first kappa shape index (κ1) is 11.5. The normalized spacial score (nSPS) is 10.9. The molecule has 15 heavy (non-hydrogen) atoms. The Labute approximate surface area is 90.5 Å². The van der Waals surface area contributed by atoms with E-state index in [1.54, 1.807) is 18.2 Å². The second kappa shape index (κ2) is 3.86. The van der Waals surface area contributed by atoms with E-state index in [4.69, 9.17) is 5.26 Å². The molecule has 0 fully saturated rings. The van der Waals surface area contributed by atoms with Crippen molar-refractivity contribution in [2.45, 2.75) is 33.1 Å². The maximum Gasteiger partial charge on any atom is 0.160 e. The molecule has 0 aliphatic rings. The van der Waals surface area contributed by atoms with Crippen molar-refractivity contribution in [2.24, 2.45) is 0 Å². The predicted octanol–water partition coefficient (Wildman–Crippen LogP) is 3.06. The molecule has 1 aromatic carbocycles. The number of nitrogens with zero attached hydrogens (tertiary/aromatic N) is 1. The highest BCUT2D eigenvalue weighted by molar-refractivity contribution is 5.96. The minimum absolute atomic E-state index is 0.0111. The number of hydrogen-bond donors (Lipinski definition) is 0. The van der Waals surface area contributed by atoms with E-state index in [1.807, 2.05) is 20.8 Å². The fraction of sp³-hybridized carbons (Fsp3) is 0.385. The van der Waals surface area contributed by atoms with Crippen molar-refractivity contribution >= 4 is 5.78 Å². The summed E-state index contributed by atoms with van der Waals surface area (Å²) < 4.78 is 0. The van der Waals surface area contributed by atoms with Crippen LogP contribution in [0.2, 0.25) is 0 Å². The number of ketones is 1. The lowest BCUT2D eigenvalue weighted by Gasteiger charge is -2.23. The SMILES string of the molecule is CC(=O)c1cccc(C#N)c1C(C)(C)C. The number of carbonyl (C=O) groups excluding carboxylic acids is 1. The maximum atomic E-state index is 11.5. The lowest BCUT2D eigenvalue weighted by molar-refractivity contribution is 0.101. The molecule has 1 aromatic rings. The minimum atomic E-state index is -0.187. The summed E-state index contributed by atoms with van der Waals surface area (Å²) in [5.41, 5.74) is 1.91. The van der Waals surface area contributed by atoms with Crippen LogP contribution < -0.4 is 0 Å². The van der Waals surface area contributed by atoms with Gasteiger partial charge in [-0.05, 0) is 24.0 Å². The van der Waals surface area contributed by atoms with Crippen LogP contribution in [-0.2, 0) is 5.41 Å². The molecule has 1 rings (SSSR count). The van der Waals surface area contributed by atoms with Crippen LogP contribution in [0.5, 0.6) is 0 Å². The van der Waals surface area contributed by atoms with E-state index in [-0.39, 0.29) is 11.2 Å². The van der Waals surface area contributed by atoms with E-state index in [9.17, 15) is 4.79 Å². The zero-order chi connectivity index (χ0) is 11.6. The molecule has 0 bridgehead atoms. The second-order valence-corrected chi connectivity index (χ2v) is 4.65. The van der Waals surface area contributed by atoms with Crippen molar-refractivity contribution < 1.29 is 4.79 Å². The van der Waals surface area contributed by atoms with E-state index in [0.717, 1.165) is 5.56 Å². The first-order chi connectivity index (χ1) is 6.88. The molecule has 0 aliphatic heterocycles. The quantitative estimate of drug-likeness (QED) is 0.655. The number of hydrogen-bond acceptors (Lipinski definition) is 2. The Kier molecular flexibility index (Phi) is 2.95. The van der Waals surface area contributed by atoms with Gasteiger partial charge in [-0.25, -0.2) is 0 Å². The number of Topliss-reactive ketones (excluding diaryl/α,β-unsaturated/α-hetero) is 1. The monoisotopic (exact) mass is 201 g/mol. The summed E-state index contributed by atoms with van der Waals surface area (Å²) in [6.07, 6.45) is 0. The summed E-state index contributed by atoms with van der Waals surface area (Å²) in [6, 6.07) is 7.44. The van der Waals surface area contributed by atoms with Crippen LogP contribution in [0.25, 0.3) is 0 Å². The van der Waals surface area contributed by atoms with Crippen molar-refractivity contribution in [3.8, 4) is 6.07 Å². The predicted molar refractivity (Wildman–Crippen MR) is 59.9 cm³/mol. The van der Waals surface area contributed by atoms with Crippen LogP contribution in [0.3, 0.4) is 0 Å². The summed E-state index contributed by atoms with van der Waals surface area (Å²) in [4.78, 5) is 11.5. The topological polar surface area (TPSA) is 40.9 Å². The molecular weight excluding hydrogens is 186 g/mol. The van der Waals surface area contributed by atoms with Gasteiger partial charge >= 0.3 is 0 Å². The highest BCUT2D eigenvalue weighted by Crippen LogP contribution is 2.29. The molecule has 0 unspecified atom stereocenters. The molecule has 78 valence electrons. The van der Waals surface area contributed by atoms with E-state index in [0.29, 0.717) is 11.1 Å². The van der Waals surface area contributed by atoms with Crippen LogP contribution in [0.4, 0.5) is 0 Å². The molecule has 0 aliphatic carbocycles. The molecule has 0 radical (unpaired) electrons. The van der Waals surface area contributed by atoms with Gasteiger partial charge in [-0.15, -0.1) is 0 Å². The lowest BCUT2D eigenvalue weighted by atomic mass is 9.80. The van der Waals surface area contributed by atoms with Crippen LogP contribution in [0.1, 0.15) is 49.2 Å². The third-order valence-electron chi connectivity index (χ3n) is 2.31. The Morgan fingerprint density at radius 3 is 2.33 bits per heavy atom. The molecule has 0 amide bonds. The molecular formula is C13H15NO. The van der Waals surface area contributed by atoms with Crippen molar-refractivity contribution in [3.63, 3.8) is 0 Å². The van der Waals surface area contributed by atoms with Gasteiger partial charge in [0.05, 0.1) is 11.6 Å². The minimum Gasteiger partial charge on any atom is -0.294 e. The molecule has 0 heterocycles. The van der Waals surface area contributed by atoms with Crippen molar-refractivity contribution in [1.82, 2.24) is 0 Å². The van der Waals surface area contributed by atoms with Gasteiger partial charge in [0.25, 0.3) is 0 Å². The molecule has 2 nitrogen and oxygen atoms in total. The summed E-state index contributed by atoms with van der Waals surface area (Å²) >= 11 is 0. The molecule has 0 atom stereocenters. The van der Waals surface area contributed by atoms with Crippen LogP contribution in [0, 0.1) is 11.3 Å². The molecule has 0 spiro atoms. The van der Waals surface area contributed by atoms with E-state index < -0.39 is 0 Å². The van der Waals surface area contributed by atoms with Crippen molar-refractivity contribution in [3.05, 3.63) is 34.9 Å². The van der Waals surface area contributed by atoms with Crippen molar-refractivity contribution in [2.75, 3.05) is 0 Å². The molecule has 2 heteroatoms. The third-order valence-corrected chi connectivity index (χ3v) is 2.31. The highest BCUT2D eigenvalue weighted by atomic mass is 16.1. The summed E-state index contributed by atoms with van der Waals surface area (Å²) in [5, 5.41) is 9.03. The fourth-order valence-corrected chi connectivity index (χ4v) is 1.75. The van der Waals surface area contributed by atoms with Gasteiger partial charge in [0.2, 0.25) is 0 Å². The van der Waals surface area contributed by atoms with E-state index in [1.165, 1.54) is 6.92 Å². The van der Waals surface area contributed by atoms with E-state index in [2.05, 4.69) is 6.07 Å². The Balaban J connectivity index is 3.57.